The van der Waals surface area contributed by atoms with Crippen LogP contribution in [0.15, 0.2) is 77.1 Å². The minimum atomic E-state index is 0.390. The summed E-state index contributed by atoms with van der Waals surface area (Å²) in [4.78, 5) is 1.20. The van der Waals surface area contributed by atoms with E-state index >= 15 is 0 Å². The molecule has 30 heavy (non-hydrogen) atoms. The second-order valence-electron chi connectivity index (χ2n) is 7.15. The van der Waals surface area contributed by atoms with Gasteiger partial charge in [-0.1, -0.05) is 67.6 Å². The average Bonchev–Trinajstić information content (AvgIpc) is 3.10. The zero-order valence-electron chi connectivity index (χ0n) is 17.6. The Balaban J connectivity index is 1.77. The summed E-state index contributed by atoms with van der Waals surface area (Å²) < 4.78 is 7.57. The van der Waals surface area contributed by atoms with Gasteiger partial charge in [0.25, 0.3) is 0 Å². The maximum Gasteiger partial charge on any atom is 0.138 e. The Kier molecular flexibility index (Phi) is 7.83. The number of halogens is 1. The molecule has 1 unspecified atom stereocenters. The lowest BCUT2D eigenvalue weighted by Crippen LogP contribution is -2.11. The van der Waals surface area contributed by atoms with Crippen molar-refractivity contribution in [2.24, 2.45) is 0 Å². The summed E-state index contributed by atoms with van der Waals surface area (Å²) in [5, 5.41) is 12.2. The van der Waals surface area contributed by atoms with E-state index in [2.05, 4.69) is 36.6 Å². The lowest BCUT2D eigenvalue weighted by molar-refractivity contribution is 0.415. The Hall–Kier alpha value is -2.43. The number of aromatic nitrogens is 1. The van der Waals surface area contributed by atoms with Crippen LogP contribution < -0.4 is 4.74 Å². The van der Waals surface area contributed by atoms with Crippen molar-refractivity contribution < 1.29 is 4.74 Å². The molecule has 1 aromatic heterocycles. The van der Waals surface area contributed by atoms with E-state index in [0.29, 0.717) is 28.9 Å². The zero-order chi connectivity index (χ0) is 21.5. The van der Waals surface area contributed by atoms with Gasteiger partial charge >= 0.3 is 0 Å². The fourth-order valence-corrected chi connectivity index (χ4v) is 4.17. The normalized spacial score (nSPS) is 12.8. The highest BCUT2D eigenvalue weighted by Crippen LogP contribution is 2.34. The summed E-state index contributed by atoms with van der Waals surface area (Å²) in [6.07, 6.45) is 6.77. The van der Waals surface area contributed by atoms with Crippen molar-refractivity contribution in [1.82, 2.24) is 4.57 Å². The van der Waals surface area contributed by atoms with Gasteiger partial charge in [0.2, 0.25) is 0 Å². The van der Waals surface area contributed by atoms with Crippen molar-refractivity contribution in [3.63, 3.8) is 0 Å². The van der Waals surface area contributed by atoms with Gasteiger partial charge in [-0.2, -0.15) is 0 Å². The molecule has 0 radical (unpaired) electrons. The minimum absolute atomic E-state index is 0.390. The summed E-state index contributed by atoms with van der Waals surface area (Å²) in [5.41, 5.74) is 2.79. The third-order valence-electron chi connectivity index (χ3n) is 5.09. The quantitative estimate of drug-likeness (QED) is 0.211. The third kappa shape index (κ3) is 5.38. The van der Waals surface area contributed by atoms with Crippen LogP contribution in [0.5, 0.6) is 5.75 Å². The Morgan fingerprint density at radius 2 is 1.97 bits per heavy atom. The first-order valence-corrected chi connectivity index (χ1v) is 11.3. The van der Waals surface area contributed by atoms with Crippen LogP contribution in [-0.4, -0.2) is 17.4 Å². The van der Waals surface area contributed by atoms with Crippen LogP contribution in [-0.2, 0) is 6.54 Å². The van der Waals surface area contributed by atoms with Crippen LogP contribution in [0.3, 0.4) is 0 Å². The molecule has 0 spiro atoms. The Bertz CT molecular complexity index is 1070. The summed E-state index contributed by atoms with van der Waals surface area (Å²) >= 11 is 8.05. The molecule has 3 nitrogen and oxygen atoms in total. The molecule has 5 heteroatoms. The molecule has 0 aliphatic heterocycles. The molecule has 0 bridgehead atoms. The number of ether oxygens (including phenoxy) is 1. The lowest BCUT2D eigenvalue weighted by atomic mass is 10.0. The van der Waals surface area contributed by atoms with Crippen molar-refractivity contribution in [1.29, 1.82) is 5.41 Å². The number of thioether (sulfide) groups is 1. The van der Waals surface area contributed by atoms with Gasteiger partial charge in [-0.25, -0.2) is 0 Å². The number of fused-ring (bicyclic) bond motifs is 1. The molecule has 2 aromatic carbocycles. The van der Waals surface area contributed by atoms with Gasteiger partial charge in [-0.3, -0.25) is 0 Å². The molecule has 3 aromatic rings. The first-order valence-electron chi connectivity index (χ1n) is 10.0. The monoisotopic (exact) mass is 438 g/mol. The Morgan fingerprint density at radius 3 is 2.67 bits per heavy atom. The van der Waals surface area contributed by atoms with Gasteiger partial charge in [-0.05, 0) is 54.2 Å². The lowest BCUT2D eigenvalue weighted by Gasteiger charge is -2.15. The van der Waals surface area contributed by atoms with Crippen LogP contribution in [0, 0.1) is 5.41 Å². The highest BCUT2D eigenvalue weighted by Gasteiger charge is 2.16. The maximum atomic E-state index is 8.46. The number of methoxy groups -OCH3 is 1. The van der Waals surface area contributed by atoms with E-state index in [1.54, 1.807) is 18.9 Å². The third-order valence-corrected chi connectivity index (χ3v) is 6.22. The molecule has 0 saturated carbocycles. The standard InChI is InChI=1S/C25H27ClN2OS/c1-4-18(2)23-14-19-15-25(29-3)22(26)16-24(19)28(23)17-20(27)10-8-9-13-30-21-11-6-5-7-12-21/h5-16,18,27H,4,17H2,1-3H3/b10-8-,13-9+,27-20?. The molecule has 3 rings (SSSR count). The van der Waals surface area contributed by atoms with Gasteiger partial charge in [0.05, 0.1) is 29.9 Å². The van der Waals surface area contributed by atoms with Crippen molar-refractivity contribution in [3.05, 3.63) is 82.9 Å². The number of rotatable bonds is 9. The average molecular weight is 439 g/mol. The van der Waals surface area contributed by atoms with E-state index in [1.165, 1.54) is 10.6 Å². The number of benzene rings is 2. The second kappa shape index (κ2) is 10.6. The number of hydrogen-bond acceptors (Lipinski definition) is 3. The van der Waals surface area contributed by atoms with Crippen LogP contribution in [0.4, 0.5) is 0 Å². The van der Waals surface area contributed by atoms with Gasteiger partial charge in [0.15, 0.2) is 0 Å². The molecule has 0 amide bonds. The zero-order valence-corrected chi connectivity index (χ0v) is 19.1. The molecule has 1 heterocycles. The topological polar surface area (TPSA) is 38.0 Å². The van der Waals surface area contributed by atoms with Crippen molar-refractivity contribution in [2.75, 3.05) is 7.11 Å². The molecule has 1 N–H and O–H groups in total. The first kappa shape index (κ1) is 22.3. The summed E-state index contributed by atoms with van der Waals surface area (Å²) in [6, 6.07) is 16.3. The highest BCUT2D eigenvalue weighted by atomic mass is 35.5. The molecule has 0 aliphatic rings. The number of allylic oxidation sites excluding steroid dienone is 3. The first-order chi connectivity index (χ1) is 14.5. The van der Waals surface area contributed by atoms with Crippen LogP contribution in [0.2, 0.25) is 5.02 Å². The van der Waals surface area contributed by atoms with Crippen LogP contribution in [0.25, 0.3) is 10.9 Å². The van der Waals surface area contributed by atoms with E-state index in [9.17, 15) is 0 Å². The SMILES string of the molecule is CCC(C)c1cc2cc(OC)c(Cl)cc2n1CC(=N)/C=C\C=C\Sc1ccccc1. The van der Waals surface area contributed by atoms with Gasteiger partial charge in [0.1, 0.15) is 5.75 Å². The van der Waals surface area contributed by atoms with Gasteiger partial charge < -0.3 is 14.7 Å². The second-order valence-corrected chi connectivity index (χ2v) is 8.54. The Labute approximate surface area is 187 Å². The molecule has 0 aliphatic carbocycles. The molecule has 156 valence electrons. The minimum Gasteiger partial charge on any atom is -0.495 e. The number of nitrogens with one attached hydrogen (secondary N) is 1. The van der Waals surface area contributed by atoms with E-state index in [0.717, 1.165) is 17.3 Å². The predicted octanol–water partition coefficient (Wildman–Crippen LogP) is 7.70. The number of nitrogens with zero attached hydrogens (tertiary/aromatic N) is 1. The van der Waals surface area contributed by atoms with Crippen LogP contribution >= 0.6 is 23.4 Å². The summed E-state index contributed by atoms with van der Waals surface area (Å²) in [5.74, 6) is 1.06. The summed E-state index contributed by atoms with van der Waals surface area (Å²) in [6.45, 7) is 4.90. The molecule has 1 atom stereocenters. The van der Waals surface area contributed by atoms with E-state index < -0.39 is 0 Å². The fourth-order valence-electron chi connectivity index (χ4n) is 3.29. The Morgan fingerprint density at radius 1 is 1.20 bits per heavy atom. The maximum absolute atomic E-state index is 8.46. The molecular formula is C25H27ClN2OS. The van der Waals surface area contributed by atoms with Crippen LogP contribution in [0.1, 0.15) is 31.9 Å². The van der Waals surface area contributed by atoms with E-state index in [1.807, 2.05) is 54.0 Å². The molecule has 0 fully saturated rings. The highest BCUT2D eigenvalue weighted by molar-refractivity contribution is 8.02. The summed E-state index contributed by atoms with van der Waals surface area (Å²) in [7, 11) is 1.63. The number of hydrogen-bond donors (Lipinski definition) is 1. The van der Waals surface area contributed by atoms with E-state index in [4.69, 9.17) is 21.7 Å². The largest absolute Gasteiger partial charge is 0.495 e. The predicted molar refractivity (Wildman–Crippen MR) is 131 cm³/mol. The fraction of sp³-hybridized carbons (Fsp3) is 0.240. The van der Waals surface area contributed by atoms with Crippen molar-refractivity contribution in [3.8, 4) is 5.75 Å². The van der Waals surface area contributed by atoms with Crippen molar-refractivity contribution >= 4 is 40.0 Å². The van der Waals surface area contributed by atoms with Gasteiger partial charge in [0, 0.05) is 16.0 Å². The molecular weight excluding hydrogens is 412 g/mol. The van der Waals surface area contributed by atoms with Gasteiger partial charge in [-0.15, -0.1) is 0 Å². The smallest absolute Gasteiger partial charge is 0.138 e. The molecule has 0 saturated heterocycles. The van der Waals surface area contributed by atoms with Crippen molar-refractivity contribution in [2.45, 2.75) is 37.6 Å². The van der Waals surface area contributed by atoms with E-state index in [-0.39, 0.29) is 0 Å².